The molecule has 0 spiro atoms. The molecule has 2 fully saturated rings. The van der Waals surface area contributed by atoms with Gasteiger partial charge in [-0.2, -0.15) is 13.2 Å². The van der Waals surface area contributed by atoms with Crippen molar-refractivity contribution in [1.29, 1.82) is 0 Å². The molecule has 2 nitrogen and oxygen atoms in total. The number of nitrogens with zero attached hydrogens (tertiary/aromatic N) is 1. The molecule has 2 aliphatic carbocycles. The summed E-state index contributed by atoms with van der Waals surface area (Å²) < 4.78 is 53.3. The number of nitrogens with one attached hydrogen (secondary N) is 1. The van der Waals surface area contributed by atoms with E-state index in [0.717, 1.165) is 68.6 Å². The van der Waals surface area contributed by atoms with Crippen LogP contribution in [0.2, 0.25) is 5.02 Å². The molecule has 2 aromatic rings. The van der Waals surface area contributed by atoms with Crippen molar-refractivity contribution in [2.24, 2.45) is 11.3 Å². The van der Waals surface area contributed by atoms with Gasteiger partial charge in [-0.3, -0.25) is 0 Å². The Morgan fingerprint density at radius 3 is 2.34 bits per heavy atom. The van der Waals surface area contributed by atoms with E-state index in [9.17, 15) is 17.6 Å². The molecule has 0 aromatic heterocycles. The topological polar surface area (TPSA) is 15.3 Å². The Morgan fingerprint density at radius 1 is 1.05 bits per heavy atom. The minimum absolute atomic E-state index is 0.0641. The van der Waals surface area contributed by atoms with Gasteiger partial charge in [0, 0.05) is 28.7 Å². The molecular weight excluding hydrogens is 512 g/mol. The van der Waals surface area contributed by atoms with Crippen molar-refractivity contribution in [3.05, 3.63) is 93.4 Å². The van der Waals surface area contributed by atoms with Crippen molar-refractivity contribution in [2.45, 2.75) is 70.6 Å². The van der Waals surface area contributed by atoms with Gasteiger partial charge in [-0.05, 0) is 104 Å². The number of piperidine rings is 1. The van der Waals surface area contributed by atoms with Gasteiger partial charge in [0.15, 0.2) is 0 Å². The Morgan fingerprint density at radius 2 is 1.74 bits per heavy atom. The van der Waals surface area contributed by atoms with Crippen molar-refractivity contribution in [3.8, 4) is 0 Å². The summed E-state index contributed by atoms with van der Waals surface area (Å²) in [4.78, 5) is 2.62. The third-order valence-corrected chi connectivity index (χ3v) is 9.33. The number of halogens is 5. The summed E-state index contributed by atoms with van der Waals surface area (Å²) in [5, 5.41) is 3.89. The van der Waals surface area contributed by atoms with Crippen LogP contribution in [-0.4, -0.2) is 24.0 Å². The molecule has 0 amide bonds. The van der Waals surface area contributed by atoms with Gasteiger partial charge in [-0.1, -0.05) is 49.7 Å². The number of allylic oxidation sites excluding steroid dienone is 4. The van der Waals surface area contributed by atoms with Crippen LogP contribution in [0.15, 0.2) is 65.9 Å². The molecule has 2 unspecified atom stereocenters. The second kappa shape index (κ2) is 10.7. The predicted octanol–water partition coefficient (Wildman–Crippen LogP) is 8.49. The summed E-state index contributed by atoms with van der Waals surface area (Å²) in [6, 6.07) is 10.9. The highest BCUT2D eigenvalue weighted by atomic mass is 35.5. The highest BCUT2D eigenvalue weighted by molar-refractivity contribution is 6.31. The quantitative estimate of drug-likeness (QED) is 0.350. The van der Waals surface area contributed by atoms with Gasteiger partial charge in [-0.15, -0.1) is 0 Å². The fourth-order valence-corrected chi connectivity index (χ4v) is 6.76. The van der Waals surface area contributed by atoms with Gasteiger partial charge in [0.1, 0.15) is 5.82 Å². The first kappa shape index (κ1) is 27.3. The number of hydrogen-bond donors (Lipinski definition) is 1. The van der Waals surface area contributed by atoms with E-state index in [2.05, 4.69) is 36.2 Å². The van der Waals surface area contributed by atoms with Gasteiger partial charge in [0.2, 0.25) is 0 Å². The van der Waals surface area contributed by atoms with Crippen molar-refractivity contribution in [3.63, 3.8) is 0 Å². The van der Waals surface area contributed by atoms with Crippen LogP contribution in [0.1, 0.15) is 68.6 Å². The summed E-state index contributed by atoms with van der Waals surface area (Å²) in [5.41, 5.74) is 3.24. The summed E-state index contributed by atoms with van der Waals surface area (Å²) >= 11 is 6.31. The lowest BCUT2D eigenvalue weighted by molar-refractivity contribution is -0.137. The molecule has 0 radical (unpaired) electrons. The van der Waals surface area contributed by atoms with Gasteiger partial charge in [0.05, 0.1) is 5.56 Å². The summed E-state index contributed by atoms with van der Waals surface area (Å²) in [6.45, 7) is 6.82. The van der Waals surface area contributed by atoms with Crippen LogP contribution < -0.4 is 5.32 Å². The lowest BCUT2D eigenvalue weighted by Crippen LogP contribution is -2.42. The Kier molecular flexibility index (Phi) is 7.67. The van der Waals surface area contributed by atoms with E-state index in [1.54, 1.807) is 12.1 Å². The Bertz CT molecular complexity index is 1200. The van der Waals surface area contributed by atoms with E-state index in [-0.39, 0.29) is 17.8 Å². The second-order valence-electron chi connectivity index (χ2n) is 11.4. The van der Waals surface area contributed by atoms with E-state index in [4.69, 9.17) is 11.6 Å². The predicted molar refractivity (Wildman–Crippen MR) is 144 cm³/mol. The van der Waals surface area contributed by atoms with Gasteiger partial charge < -0.3 is 10.2 Å². The van der Waals surface area contributed by atoms with Crippen LogP contribution in [0, 0.1) is 17.2 Å². The van der Waals surface area contributed by atoms with E-state index in [1.165, 1.54) is 11.6 Å². The molecule has 1 saturated carbocycles. The maximum Gasteiger partial charge on any atom is 0.416 e. The van der Waals surface area contributed by atoms with Gasteiger partial charge in [-0.25, -0.2) is 4.39 Å². The first-order chi connectivity index (χ1) is 18.1. The second-order valence-corrected chi connectivity index (χ2v) is 11.8. The van der Waals surface area contributed by atoms with Crippen LogP contribution in [0.5, 0.6) is 0 Å². The highest BCUT2D eigenvalue weighted by Gasteiger charge is 2.47. The molecule has 3 aliphatic rings. The monoisotopic (exact) mass is 546 g/mol. The molecule has 1 N–H and O–H groups in total. The third-order valence-electron chi connectivity index (χ3n) is 8.96. The Hall–Kier alpha value is -2.31. The Labute approximate surface area is 227 Å². The average molecular weight is 547 g/mol. The van der Waals surface area contributed by atoms with Gasteiger partial charge >= 0.3 is 6.18 Å². The zero-order chi connectivity index (χ0) is 27.1. The average Bonchev–Trinajstić information content (AvgIpc) is 3.62. The molecule has 5 rings (SSSR count). The number of rotatable bonds is 7. The molecule has 1 heterocycles. The standard InChI is InChI=1S/C31H35ClF4N2/c1-20(2)30(29(23-3-4-23)37-19-24-17-25(31(34,35)36)7-10-28(24)32)14-11-27(18-30)38-15-12-22(13-16-38)21-5-8-26(33)9-6-21/h3-10,17,20,22,27,37H,11-16,18-19H2,1-2H3. The van der Waals surface area contributed by atoms with Crippen LogP contribution in [0.25, 0.3) is 0 Å². The molecule has 1 saturated heterocycles. The molecule has 38 heavy (non-hydrogen) atoms. The minimum Gasteiger partial charge on any atom is -0.383 e. The lowest BCUT2D eigenvalue weighted by atomic mass is 9.72. The lowest BCUT2D eigenvalue weighted by Gasteiger charge is -2.40. The van der Waals surface area contributed by atoms with E-state index in [0.29, 0.717) is 28.5 Å². The molecule has 2 atom stereocenters. The maximum atomic E-state index is 13.3. The molecule has 1 aliphatic heterocycles. The fraction of sp³-hybridized carbons (Fsp3) is 0.484. The first-order valence-corrected chi connectivity index (χ1v) is 14.0. The minimum atomic E-state index is -4.40. The smallest absolute Gasteiger partial charge is 0.383 e. The van der Waals surface area contributed by atoms with E-state index in [1.807, 2.05) is 12.1 Å². The van der Waals surface area contributed by atoms with Crippen LogP contribution in [0.4, 0.5) is 17.6 Å². The van der Waals surface area contributed by atoms with Gasteiger partial charge in [0.25, 0.3) is 0 Å². The molecular formula is C31H35ClF4N2. The molecule has 204 valence electrons. The number of hydrogen-bond acceptors (Lipinski definition) is 2. The highest BCUT2D eigenvalue weighted by Crippen LogP contribution is 2.53. The van der Waals surface area contributed by atoms with Crippen LogP contribution >= 0.6 is 11.6 Å². The summed E-state index contributed by atoms with van der Waals surface area (Å²) in [5.74, 6) is 0.648. The summed E-state index contributed by atoms with van der Waals surface area (Å²) in [7, 11) is 0. The van der Waals surface area contributed by atoms with Crippen LogP contribution in [0.3, 0.4) is 0 Å². The molecule has 2 aromatic carbocycles. The van der Waals surface area contributed by atoms with Crippen molar-refractivity contribution in [2.75, 3.05) is 13.1 Å². The zero-order valence-corrected chi connectivity index (χ0v) is 22.7. The summed E-state index contributed by atoms with van der Waals surface area (Å²) in [6.07, 6.45) is 5.07. The van der Waals surface area contributed by atoms with Crippen LogP contribution in [-0.2, 0) is 12.7 Å². The van der Waals surface area contributed by atoms with E-state index < -0.39 is 11.7 Å². The first-order valence-electron chi connectivity index (χ1n) is 13.6. The molecule has 0 bridgehead atoms. The SMILES string of the molecule is CC(C)C1(C(NCc2cc(C(F)(F)F)ccc2Cl)=C2C=C2)CCC(N2CCC(c3ccc(F)cc3)CC2)C1. The number of benzene rings is 2. The normalized spacial score (nSPS) is 24.3. The van der Waals surface area contributed by atoms with Crippen molar-refractivity contribution >= 4 is 11.6 Å². The largest absolute Gasteiger partial charge is 0.416 e. The Balaban J connectivity index is 1.28. The number of alkyl halides is 3. The van der Waals surface area contributed by atoms with Crippen molar-refractivity contribution in [1.82, 2.24) is 10.2 Å². The van der Waals surface area contributed by atoms with E-state index >= 15 is 0 Å². The number of likely N-dealkylation sites (tertiary alicyclic amines) is 1. The third kappa shape index (κ3) is 5.67. The van der Waals surface area contributed by atoms with Crippen molar-refractivity contribution < 1.29 is 17.6 Å². The fourth-order valence-electron chi connectivity index (χ4n) is 6.58. The molecule has 7 heteroatoms. The zero-order valence-electron chi connectivity index (χ0n) is 21.9. The maximum absolute atomic E-state index is 13.3.